The molecule has 26 heavy (non-hydrogen) atoms. The van der Waals surface area contributed by atoms with E-state index in [0.717, 1.165) is 0 Å². The number of nitro groups is 1. The topological polar surface area (TPSA) is 105 Å². The first-order chi connectivity index (χ1) is 12.5. The van der Waals surface area contributed by atoms with Crippen molar-refractivity contribution in [1.29, 1.82) is 0 Å². The molecule has 3 rings (SSSR count). The standard InChI is InChI=1S/C17H20N4O4S/c22-21(23)16-7-4-10-18-17(16)19-13-14-8-11-20(12-9-14)26(24,25)15-5-2-1-3-6-15/h1-7,10,14H,8-9,11-13H2,(H,18,19). The van der Waals surface area contributed by atoms with Gasteiger partial charge in [0, 0.05) is 31.9 Å². The fourth-order valence-corrected chi connectivity index (χ4v) is 4.51. The summed E-state index contributed by atoms with van der Waals surface area (Å²) in [4.78, 5) is 14.9. The van der Waals surface area contributed by atoms with Crippen LogP contribution in [0, 0.1) is 16.0 Å². The van der Waals surface area contributed by atoms with Gasteiger partial charge in [-0.2, -0.15) is 4.31 Å². The van der Waals surface area contributed by atoms with E-state index in [1.54, 1.807) is 30.3 Å². The molecule has 1 N–H and O–H groups in total. The van der Waals surface area contributed by atoms with Crippen molar-refractivity contribution >= 4 is 21.5 Å². The summed E-state index contributed by atoms with van der Waals surface area (Å²) in [6, 6.07) is 11.3. The Morgan fingerprint density at radius 1 is 1.15 bits per heavy atom. The van der Waals surface area contributed by atoms with Crippen molar-refractivity contribution in [1.82, 2.24) is 9.29 Å². The molecule has 2 aromatic rings. The SMILES string of the molecule is O=[N+]([O-])c1cccnc1NCC1CCN(S(=O)(=O)c2ccccc2)CC1. The van der Waals surface area contributed by atoms with E-state index >= 15 is 0 Å². The van der Waals surface area contributed by atoms with Crippen molar-refractivity contribution in [3.63, 3.8) is 0 Å². The van der Waals surface area contributed by atoms with Gasteiger partial charge in [-0.3, -0.25) is 10.1 Å². The molecule has 1 aromatic carbocycles. The van der Waals surface area contributed by atoms with Crippen LogP contribution in [0.4, 0.5) is 11.5 Å². The molecule has 0 unspecified atom stereocenters. The van der Waals surface area contributed by atoms with Gasteiger partial charge in [0.15, 0.2) is 0 Å². The Hall–Kier alpha value is -2.52. The predicted molar refractivity (Wildman–Crippen MR) is 97.3 cm³/mol. The van der Waals surface area contributed by atoms with Crippen LogP contribution in [0.3, 0.4) is 0 Å². The molecule has 9 heteroatoms. The highest BCUT2D eigenvalue weighted by Crippen LogP contribution is 2.25. The van der Waals surface area contributed by atoms with Crippen molar-refractivity contribution in [3.8, 4) is 0 Å². The number of aromatic nitrogens is 1. The van der Waals surface area contributed by atoms with Crippen molar-refractivity contribution in [3.05, 3.63) is 58.8 Å². The quantitative estimate of drug-likeness (QED) is 0.613. The fraction of sp³-hybridized carbons (Fsp3) is 0.353. The number of pyridine rings is 1. The first-order valence-corrected chi connectivity index (χ1v) is 9.81. The summed E-state index contributed by atoms with van der Waals surface area (Å²) < 4.78 is 26.7. The summed E-state index contributed by atoms with van der Waals surface area (Å²) in [5, 5.41) is 14.0. The van der Waals surface area contributed by atoms with E-state index in [-0.39, 0.29) is 17.4 Å². The van der Waals surface area contributed by atoms with Gasteiger partial charge in [0.2, 0.25) is 15.8 Å². The van der Waals surface area contributed by atoms with Crippen LogP contribution in [0.5, 0.6) is 0 Å². The number of hydrogen-bond acceptors (Lipinski definition) is 6. The maximum atomic E-state index is 12.6. The molecular formula is C17H20N4O4S. The van der Waals surface area contributed by atoms with E-state index in [9.17, 15) is 18.5 Å². The molecule has 0 bridgehead atoms. The zero-order chi connectivity index (χ0) is 18.6. The molecule has 2 heterocycles. The molecule has 1 aliphatic rings. The van der Waals surface area contributed by atoms with Crippen molar-refractivity contribution in [2.75, 3.05) is 25.0 Å². The number of nitrogens with zero attached hydrogens (tertiary/aromatic N) is 3. The number of rotatable bonds is 6. The number of benzene rings is 1. The summed E-state index contributed by atoms with van der Waals surface area (Å²) in [7, 11) is -3.46. The van der Waals surface area contributed by atoms with Crippen LogP contribution in [-0.2, 0) is 10.0 Å². The van der Waals surface area contributed by atoms with Crippen molar-refractivity contribution in [2.45, 2.75) is 17.7 Å². The Morgan fingerprint density at radius 2 is 1.85 bits per heavy atom. The maximum Gasteiger partial charge on any atom is 0.311 e. The monoisotopic (exact) mass is 376 g/mol. The van der Waals surface area contributed by atoms with Gasteiger partial charge < -0.3 is 5.32 Å². The van der Waals surface area contributed by atoms with Gasteiger partial charge in [-0.15, -0.1) is 0 Å². The van der Waals surface area contributed by atoms with E-state index < -0.39 is 14.9 Å². The summed E-state index contributed by atoms with van der Waals surface area (Å²) in [6.45, 7) is 1.40. The Bertz CT molecular complexity index is 865. The minimum absolute atomic E-state index is 0.0587. The van der Waals surface area contributed by atoms with Gasteiger partial charge in [-0.1, -0.05) is 18.2 Å². The number of sulfonamides is 1. The lowest BCUT2D eigenvalue weighted by Gasteiger charge is -2.31. The van der Waals surface area contributed by atoms with Crippen LogP contribution in [0.25, 0.3) is 0 Å². The average Bonchev–Trinajstić information content (AvgIpc) is 2.67. The van der Waals surface area contributed by atoms with E-state index in [0.29, 0.717) is 37.4 Å². The predicted octanol–water partition coefficient (Wildman–Crippen LogP) is 2.50. The Morgan fingerprint density at radius 3 is 2.50 bits per heavy atom. The number of nitrogens with one attached hydrogen (secondary N) is 1. The lowest BCUT2D eigenvalue weighted by Crippen LogP contribution is -2.39. The fourth-order valence-electron chi connectivity index (χ4n) is 3.02. The second-order valence-electron chi connectivity index (χ2n) is 6.17. The molecule has 1 aromatic heterocycles. The van der Waals surface area contributed by atoms with Gasteiger partial charge in [0.25, 0.3) is 0 Å². The first kappa shape index (κ1) is 18.3. The largest absolute Gasteiger partial charge is 0.364 e. The Balaban J connectivity index is 1.57. The summed E-state index contributed by atoms with van der Waals surface area (Å²) >= 11 is 0. The zero-order valence-corrected chi connectivity index (χ0v) is 14.9. The molecular weight excluding hydrogens is 356 g/mol. The van der Waals surface area contributed by atoms with E-state index in [2.05, 4.69) is 10.3 Å². The lowest BCUT2D eigenvalue weighted by molar-refractivity contribution is -0.384. The Labute approximate surface area is 152 Å². The zero-order valence-electron chi connectivity index (χ0n) is 14.1. The molecule has 1 fully saturated rings. The molecule has 1 aliphatic heterocycles. The second kappa shape index (κ2) is 7.79. The van der Waals surface area contributed by atoms with E-state index in [1.165, 1.54) is 22.6 Å². The number of anilines is 1. The number of piperidine rings is 1. The van der Waals surface area contributed by atoms with Crippen molar-refractivity contribution < 1.29 is 13.3 Å². The van der Waals surface area contributed by atoms with Crippen molar-refractivity contribution in [2.24, 2.45) is 5.92 Å². The van der Waals surface area contributed by atoms with Crippen LogP contribution < -0.4 is 5.32 Å². The maximum absolute atomic E-state index is 12.6. The van der Waals surface area contributed by atoms with Crippen LogP contribution in [0.2, 0.25) is 0 Å². The van der Waals surface area contributed by atoms with Gasteiger partial charge in [0.1, 0.15) is 0 Å². The van der Waals surface area contributed by atoms with Crippen LogP contribution in [0.15, 0.2) is 53.6 Å². The summed E-state index contributed by atoms with van der Waals surface area (Å²) in [5.41, 5.74) is -0.0587. The summed E-state index contributed by atoms with van der Waals surface area (Å²) in [5.74, 6) is 0.482. The van der Waals surface area contributed by atoms with Crippen LogP contribution in [0.1, 0.15) is 12.8 Å². The van der Waals surface area contributed by atoms with Gasteiger partial charge in [-0.25, -0.2) is 13.4 Å². The molecule has 0 atom stereocenters. The highest BCUT2D eigenvalue weighted by molar-refractivity contribution is 7.89. The first-order valence-electron chi connectivity index (χ1n) is 8.37. The summed E-state index contributed by atoms with van der Waals surface area (Å²) in [6.07, 6.45) is 2.89. The van der Waals surface area contributed by atoms with Gasteiger partial charge in [0.05, 0.1) is 9.82 Å². The molecule has 0 radical (unpaired) electrons. The molecule has 0 amide bonds. The average molecular weight is 376 g/mol. The van der Waals surface area contributed by atoms with E-state index in [4.69, 9.17) is 0 Å². The Kier molecular flexibility index (Phi) is 5.48. The van der Waals surface area contributed by atoms with Crippen LogP contribution >= 0.6 is 0 Å². The third-order valence-corrected chi connectivity index (χ3v) is 6.41. The lowest BCUT2D eigenvalue weighted by atomic mass is 9.98. The molecule has 8 nitrogen and oxygen atoms in total. The smallest absolute Gasteiger partial charge is 0.311 e. The minimum atomic E-state index is -3.46. The van der Waals surface area contributed by atoms with E-state index in [1.807, 2.05) is 0 Å². The highest BCUT2D eigenvalue weighted by atomic mass is 32.2. The molecule has 0 aliphatic carbocycles. The molecule has 0 saturated carbocycles. The normalized spacial score (nSPS) is 16.3. The second-order valence-corrected chi connectivity index (χ2v) is 8.11. The molecule has 1 saturated heterocycles. The van der Waals surface area contributed by atoms with Gasteiger partial charge >= 0.3 is 5.69 Å². The third kappa shape index (κ3) is 4.00. The molecule has 138 valence electrons. The minimum Gasteiger partial charge on any atom is -0.364 e. The van der Waals surface area contributed by atoms with Gasteiger partial charge in [-0.05, 0) is 37.0 Å². The highest BCUT2D eigenvalue weighted by Gasteiger charge is 2.29. The number of hydrogen-bond donors (Lipinski definition) is 1. The van der Waals surface area contributed by atoms with Crippen LogP contribution in [-0.4, -0.2) is 42.3 Å². The third-order valence-electron chi connectivity index (χ3n) is 4.50. The molecule has 0 spiro atoms.